The first kappa shape index (κ1) is 23.1. The fourth-order valence-electron chi connectivity index (χ4n) is 3.17. The summed E-state index contributed by atoms with van der Waals surface area (Å²) in [7, 11) is 0. The van der Waals surface area contributed by atoms with E-state index in [-0.39, 0.29) is 28.2 Å². The monoisotopic (exact) mass is 457 g/mol. The maximum Gasteiger partial charge on any atom is 0.336 e. The summed E-state index contributed by atoms with van der Waals surface area (Å²) in [5.74, 6) is -1.95. The Morgan fingerprint density at radius 1 is 0.581 bits per heavy atom. The van der Waals surface area contributed by atoms with Crippen LogP contribution in [0.2, 0.25) is 0 Å². The molecule has 7 heteroatoms. The molecule has 0 aliphatic rings. The molecular weight excluding hydrogens is 444 g/mol. The molecule has 0 aromatic heterocycles. The number of aromatic carboxylic acids is 2. The number of carbonyl (C=O) groups is 2. The van der Waals surface area contributed by atoms with E-state index in [4.69, 9.17) is 20.7 Å². The second-order valence-electron chi connectivity index (χ2n) is 6.25. The molecule has 0 amide bonds. The first-order chi connectivity index (χ1) is 14.5. The number of hydrogen-bond acceptors (Lipinski definition) is 4. The van der Waals surface area contributed by atoms with Gasteiger partial charge in [0.25, 0.3) is 0 Å². The number of rotatable bonds is 2. The molecule has 0 unspecified atom stereocenters. The third-order valence-corrected chi connectivity index (χ3v) is 4.55. The van der Waals surface area contributed by atoms with Crippen molar-refractivity contribution in [2.24, 2.45) is 0 Å². The Morgan fingerprint density at radius 2 is 0.903 bits per heavy atom. The van der Waals surface area contributed by atoms with Gasteiger partial charge in [0.15, 0.2) is 0 Å². The summed E-state index contributed by atoms with van der Waals surface area (Å²) in [6.45, 7) is 0. The van der Waals surface area contributed by atoms with Gasteiger partial charge in [-0.3, -0.25) is 0 Å². The first-order valence-corrected chi connectivity index (χ1v) is 8.78. The molecule has 0 heterocycles. The SMILES string of the molecule is N#Cc1ccc(C(=O)O)c2ccccc12.N#Cc1ccc(C(=O)O)c2ccccc12.[Cu]. The van der Waals surface area contributed by atoms with Crippen LogP contribution in [0.25, 0.3) is 21.5 Å². The van der Waals surface area contributed by atoms with Crippen molar-refractivity contribution in [1.29, 1.82) is 10.5 Å². The minimum absolute atomic E-state index is 0. The van der Waals surface area contributed by atoms with Gasteiger partial charge in [0.05, 0.1) is 34.4 Å². The van der Waals surface area contributed by atoms with Gasteiger partial charge in [-0.1, -0.05) is 48.5 Å². The van der Waals surface area contributed by atoms with Crippen molar-refractivity contribution in [2.45, 2.75) is 0 Å². The molecule has 2 N–H and O–H groups in total. The molecule has 4 aromatic rings. The second kappa shape index (κ2) is 10.0. The maximum absolute atomic E-state index is 10.9. The molecule has 1 radical (unpaired) electrons. The number of nitrogens with zero attached hydrogens (tertiary/aromatic N) is 2. The predicted molar refractivity (Wildman–Crippen MR) is 111 cm³/mol. The number of hydrogen-bond donors (Lipinski definition) is 2. The Balaban J connectivity index is 0.000000213. The third kappa shape index (κ3) is 4.71. The molecule has 0 saturated heterocycles. The van der Waals surface area contributed by atoms with Gasteiger partial charge in [-0.15, -0.1) is 0 Å². The fourth-order valence-corrected chi connectivity index (χ4v) is 3.17. The molecule has 0 spiro atoms. The van der Waals surface area contributed by atoms with E-state index in [2.05, 4.69) is 0 Å². The number of carboxylic acid groups (broad SMARTS) is 2. The largest absolute Gasteiger partial charge is 0.478 e. The van der Waals surface area contributed by atoms with Gasteiger partial charge in [0.2, 0.25) is 0 Å². The van der Waals surface area contributed by atoms with Crippen LogP contribution in [0.4, 0.5) is 0 Å². The van der Waals surface area contributed by atoms with Crippen molar-refractivity contribution in [1.82, 2.24) is 0 Å². The Morgan fingerprint density at radius 3 is 1.19 bits per heavy atom. The van der Waals surface area contributed by atoms with Crippen molar-refractivity contribution in [3.63, 3.8) is 0 Å². The Kier molecular flexibility index (Phi) is 7.49. The smallest absolute Gasteiger partial charge is 0.336 e. The molecule has 0 aliphatic carbocycles. The molecule has 0 bridgehead atoms. The summed E-state index contributed by atoms with van der Waals surface area (Å²) in [6, 6.07) is 24.1. The minimum Gasteiger partial charge on any atom is -0.478 e. The van der Waals surface area contributed by atoms with Gasteiger partial charge >= 0.3 is 11.9 Å². The average molecular weight is 458 g/mol. The van der Waals surface area contributed by atoms with Gasteiger partial charge in [-0.25, -0.2) is 9.59 Å². The zero-order chi connectivity index (χ0) is 21.7. The van der Waals surface area contributed by atoms with Crippen molar-refractivity contribution in [3.05, 3.63) is 95.1 Å². The number of nitriles is 2. The van der Waals surface area contributed by atoms with Crippen LogP contribution in [0.3, 0.4) is 0 Å². The van der Waals surface area contributed by atoms with E-state index in [1.54, 1.807) is 48.5 Å². The summed E-state index contributed by atoms with van der Waals surface area (Å²) in [5.41, 5.74) is 1.44. The van der Waals surface area contributed by atoms with Crippen molar-refractivity contribution >= 4 is 33.5 Å². The number of benzene rings is 4. The topological polar surface area (TPSA) is 122 Å². The molecule has 0 fully saturated rings. The second-order valence-corrected chi connectivity index (χ2v) is 6.25. The summed E-state index contributed by atoms with van der Waals surface area (Å²) in [5, 5.41) is 38.2. The Hall–Kier alpha value is -4.16. The van der Waals surface area contributed by atoms with E-state index >= 15 is 0 Å². The van der Waals surface area contributed by atoms with Crippen LogP contribution >= 0.6 is 0 Å². The summed E-state index contributed by atoms with van der Waals surface area (Å²) < 4.78 is 0. The van der Waals surface area contributed by atoms with Crippen LogP contribution < -0.4 is 0 Å². The maximum atomic E-state index is 10.9. The summed E-state index contributed by atoms with van der Waals surface area (Å²) >= 11 is 0. The molecule has 0 atom stereocenters. The van der Waals surface area contributed by atoms with Gasteiger partial charge < -0.3 is 10.2 Å². The van der Waals surface area contributed by atoms with E-state index in [9.17, 15) is 9.59 Å². The Labute approximate surface area is 188 Å². The number of fused-ring (bicyclic) bond motifs is 2. The molecule has 6 nitrogen and oxygen atoms in total. The van der Waals surface area contributed by atoms with Crippen LogP contribution in [0, 0.1) is 22.7 Å². The normalized spacial score (nSPS) is 9.48. The molecule has 4 rings (SSSR count). The molecule has 0 saturated carbocycles. The molecule has 4 aromatic carbocycles. The predicted octanol–water partition coefficient (Wildman–Crippen LogP) is 4.82. The molecule has 0 aliphatic heterocycles. The standard InChI is InChI=1S/2C12H7NO2.Cu/c2*13-7-8-5-6-11(12(14)15)10-4-2-1-3-9(8)10;/h2*1-6H,(H,14,15);. The quantitative estimate of drug-likeness (QED) is 0.416. The summed E-state index contributed by atoms with van der Waals surface area (Å²) in [4.78, 5) is 21.9. The fraction of sp³-hybridized carbons (Fsp3) is 0. The van der Waals surface area contributed by atoms with Crippen LogP contribution in [-0.2, 0) is 17.1 Å². The van der Waals surface area contributed by atoms with Crippen molar-refractivity contribution in [3.8, 4) is 12.1 Å². The van der Waals surface area contributed by atoms with Gasteiger partial charge in [0, 0.05) is 27.8 Å². The van der Waals surface area contributed by atoms with E-state index in [1.165, 1.54) is 24.3 Å². The summed E-state index contributed by atoms with van der Waals surface area (Å²) in [6.07, 6.45) is 0. The molecular formula is C24H14CuN2O4. The van der Waals surface area contributed by atoms with E-state index in [0.29, 0.717) is 32.7 Å². The first-order valence-electron chi connectivity index (χ1n) is 8.78. The van der Waals surface area contributed by atoms with Crippen molar-refractivity contribution < 1.29 is 36.9 Å². The van der Waals surface area contributed by atoms with E-state index < -0.39 is 11.9 Å². The minimum atomic E-state index is -0.976. The average Bonchev–Trinajstić information content (AvgIpc) is 2.77. The van der Waals surface area contributed by atoms with Gasteiger partial charge in [-0.2, -0.15) is 10.5 Å². The van der Waals surface area contributed by atoms with Crippen LogP contribution in [0.15, 0.2) is 72.8 Å². The zero-order valence-electron chi connectivity index (χ0n) is 15.8. The third-order valence-electron chi connectivity index (χ3n) is 4.55. The Bertz CT molecular complexity index is 1280. The van der Waals surface area contributed by atoms with E-state index in [1.807, 2.05) is 12.1 Å². The number of carboxylic acids is 2. The molecule has 31 heavy (non-hydrogen) atoms. The van der Waals surface area contributed by atoms with Crippen LogP contribution in [0.1, 0.15) is 31.8 Å². The van der Waals surface area contributed by atoms with Gasteiger partial charge in [0.1, 0.15) is 0 Å². The molecule has 155 valence electrons. The van der Waals surface area contributed by atoms with Crippen molar-refractivity contribution in [2.75, 3.05) is 0 Å². The van der Waals surface area contributed by atoms with Crippen LogP contribution in [-0.4, -0.2) is 22.2 Å². The zero-order valence-corrected chi connectivity index (χ0v) is 16.8. The van der Waals surface area contributed by atoms with E-state index in [0.717, 1.165) is 0 Å². The van der Waals surface area contributed by atoms with Gasteiger partial charge in [-0.05, 0) is 35.0 Å². The van der Waals surface area contributed by atoms with Crippen LogP contribution in [0.5, 0.6) is 0 Å².